The molecule has 0 fully saturated rings. The highest BCUT2D eigenvalue weighted by molar-refractivity contribution is 5.91. The summed E-state index contributed by atoms with van der Waals surface area (Å²) >= 11 is 0. The summed E-state index contributed by atoms with van der Waals surface area (Å²) in [6.07, 6.45) is 0. The maximum absolute atomic E-state index is 11.4. The molecule has 0 atom stereocenters. The number of nitrogens with one attached hydrogen (secondary N) is 1. The molecule has 1 aromatic rings. The number of urea groups is 1. The maximum atomic E-state index is 11.4. The molecule has 0 spiro atoms. The lowest BCUT2D eigenvalue weighted by Crippen LogP contribution is -2.35. The molecule has 2 amide bonds. The number of amides is 2. The molecule has 1 aromatic carbocycles. The average Bonchev–Trinajstić information content (AvgIpc) is 2.26. The second-order valence-corrected chi connectivity index (χ2v) is 2.95. The highest BCUT2D eigenvalue weighted by Gasteiger charge is 2.10. The van der Waals surface area contributed by atoms with Crippen molar-refractivity contribution < 1.29 is 4.79 Å². The summed E-state index contributed by atoms with van der Waals surface area (Å²) in [6.45, 7) is 0.428. The van der Waals surface area contributed by atoms with Crippen LogP contribution in [0.4, 0.5) is 10.5 Å². The van der Waals surface area contributed by atoms with Crippen molar-refractivity contribution in [2.75, 3.05) is 19.0 Å². The van der Waals surface area contributed by atoms with E-state index in [1.54, 1.807) is 19.0 Å². The van der Waals surface area contributed by atoms with Crippen molar-refractivity contribution in [1.29, 1.82) is 0 Å². The van der Waals surface area contributed by atoms with Crippen LogP contribution in [0.1, 0.15) is 5.56 Å². The first-order valence-corrected chi connectivity index (χ1v) is 4.44. The van der Waals surface area contributed by atoms with Gasteiger partial charge < -0.3 is 11.1 Å². The highest BCUT2D eigenvalue weighted by Crippen LogP contribution is 2.18. The Morgan fingerprint density at radius 1 is 1.50 bits per heavy atom. The molecule has 4 nitrogen and oxygen atoms in total. The molecule has 1 rings (SSSR count). The molecule has 3 N–H and O–H groups in total. The van der Waals surface area contributed by atoms with Crippen molar-refractivity contribution in [2.45, 2.75) is 6.54 Å². The third kappa shape index (κ3) is 2.03. The molecule has 0 saturated heterocycles. The summed E-state index contributed by atoms with van der Waals surface area (Å²) in [5, 5.41) is 2.56. The number of hydrogen-bond donors (Lipinski definition) is 2. The van der Waals surface area contributed by atoms with Gasteiger partial charge in [-0.2, -0.15) is 0 Å². The minimum atomic E-state index is -0.147. The second kappa shape index (κ2) is 4.62. The van der Waals surface area contributed by atoms with E-state index in [1.165, 1.54) is 0 Å². The van der Waals surface area contributed by atoms with E-state index in [-0.39, 0.29) is 6.03 Å². The predicted molar refractivity (Wildman–Crippen MR) is 57.2 cm³/mol. The summed E-state index contributed by atoms with van der Waals surface area (Å²) in [7, 11) is 3.32. The number of benzene rings is 1. The van der Waals surface area contributed by atoms with E-state index in [0.717, 1.165) is 11.3 Å². The Morgan fingerprint density at radius 3 is 2.71 bits per heavy atom. The van der Waals surface area contributed by atoms with E-state index >= 15 is 0 Å². The molecule has 0 aliphatic carbocycles. The zero-order valence-corrected chi connectivity index (χ0v) is 8.45. The summed E-state index contributed by atoms with van der Waals surface area (Å²) in [4.78, 5) is 12.9. The van der Waals surface area contributed by atoms with Gasteiger partial charge in [-0.15, -0.1) is 0 Å². The van der Waals surface area contributed by atoms with Gasteiger partial charge in [0.2, 0.25) is 0 Å². The fourth-order valence-corrected chi connectivity index (χ4v) is 1.29. The summed E-state index contributed by atoms with van der Waals surface area (Å²) in [6, 6.07) is 7.43. The van der Waals surface area contributed by atoms with E-state index in [2.05, 4.69) is 5.32 Å². The van der Waals surface area contributed by atoms with E-state index < -0.39 is 0 Å². The number of hydrogen-bond acceptors (Lipinski definition) is 2. The zero-order chi connectivity index (χ0) is 10.6. The minimum absolute atomic E-state index is 0.147. The van der Waals surface area contributed by atoms with Crippen molar-refractivity contribution in [3.8, 4) is 0 Å². The monoisotopic (exact) mass is 193 g/mol. The minimum Gasteiger partial charge on any atom is -0.341 e. The number of para-hydroxylation sites is 1. The van der Waals surface area contributed by atoms with Gasteiger partial charge in [-0.05, 0) is 11.6 Å². The molecule has 0 aliphatic heterocycles. The lowest BCUT2D eigenvalue weighted by Gasteiger charge is -2.19. The SMILES string of the molecule is CNC(=O)N(C)c1ccccc1CN. The number of carbonyl (C=O) groups is 1. The van der Waals surface area contributed by atoms with Crippen molar-refractivity contribution in [1.82, 2.24) is 5.32 Å². The normalized spacial score (nSPS) is 9.64. The molecule has 76 valence electrons. The number of nitrogens with zero attached hydrogens (tertiary/aromatic N) is 1. The van der Waals surface area contributed by atoms with Crippen LogP contribution in [0, 0.1) is 0 Å². The molecule has 0 unspecified atom stereocenters. The van der Waals surface area contributed by atoms with Crippen molar-refractivity contribution >= 4 is 11.7 Å². The standard InChI is InChI=1S/C10H15N3O/c1-12-10(14)13(2)9-6-4-3-5-8(9)7-11/h3-6H,7,11H2,1-2H3,(H,12,14). The Kier molecular flexibility index (Phi) is 3.48. The Bertz CT molecular complexity index is 325. The van der Waals surface area contributed by atoms with Gasteiger partial charge in [0.15, 0.2) is 0 Å². The maximum Gasteiger partial charge on any atom is 0.321 e. The summed E-state index contributed by atoms with van der Waals surface area (Å²) < 4.78 is 0. The van der Waals surface area contributed by atoms with Gasteiger partial charge in [0.25, 0.3) is 0 Å². The van der Waals surface area contributed by atoms with Crippen LogP contribution in [0.5, 0.6) is 0 Å². The van der Waals surface area contributed by atoms with Crippen LogP contribution in [0.15, 0.2) is 24.3 Å². The van der Waals surface area contributed by atoms with E-state index in [0.29, 0.717) is 6.54 Å². The first-order chi connectivity index (χ1) is 6.70. The molecule has 4 heteroatoms. The number of anilines is 1. The fraction of sp³-hybridized carbons (Fsp3) is 0.300. The van der Waals surface area contributed by atoms with Gasteiger partial charge >= 0.3 is 6.03 Å². The van der Waals surface area contributed by atoms with Crippen LogP contribution in [0.3, 0.4) is 0 Å². The largest absolute Gasteiger partial charge is 0.341 e. The highest BCUT2D eigenvalue weighted by atomic mass is 16.2. The predicted octanol–water partition coefficient (Wildman–Crippen LogP) is 0.921. The van der Waals surface area contributed by atoms with Gasteiger partial charge in [0, 0.05) is 26.3 Å². The number of rotatable bonds is 2. The molecular formula is C10H15N3O. The van der Waals surface area contributed by atoms with Crippen LogP contribution in [-0.2, 0) is 6.54 Å². The third-order valence-electron chi connectivity index (χ3n) is 2.09. The summed E-state index contributed by atoms with van der Waals surface area (Å²) in [5.74, 6) is 0. The molecule has 0 heterocycles. The topological polar surface area (TPSA) is 58.4 Å². The van der Waals surface area contributed by atoms with Gasteiger partial charge in [0.05, 0.1) is 0 Å². The zero-order valence-electron chi connectivity index (χ0n) is 8.45. The summed E-state index contributed by atoms with van der Waals surface area (Å²) in [5.41, 5.74) is 7.37. The smallest absolute Gasteiger partial charge is 0.321 e. The van der Waals surface area contributed by atoms with Crippen molar-refractivity contribution in [3.63, 3.8) is 0 Å². The van der Waals surface area contributed by atoms with Crippen LogP contribution in [-0.4, -0.2) is 20.1 Å². The molecule has 0 aromatic heterocycles. The van der Waals surface area contributed by atoms with Crippen LogP contribution >= 0.6 is 0 Å². The molecule has 0 bridgehead atoms. The van der Waals surface area contributed by atoms with Gasteiger partial charge in [0.1, 0.15) is 0 Å². The van der Waals surface area contributed by atoms with Crippen LogP contribution < -0.4 is 16.0 Å². The Balaban J connectivity index is 2.99. The Labute approximate surface area is 83.7 Å². The number of nitrogens with two attached hydrogens (primary N) is 1. The second-order valence-electron chi connectivity index (χ2n) is 2.95. The Morgan fingerprint density at radius 2 is 2.14 bits per heavy atom. The molecule has 0 saturated carbocycles. The first kappa shape index (κ1) is 10.5. The van der Waals surface area contributed by atoms with Crippen molar-refractivity contribution in [2.24, 2.45) is 5.73 Å². The molecule has 14 heavy (non-hydrogen) atoms. The molecule has 0 aliphatic rings. The molecular weight excluding hydrogens is 178 g/mol. The van der Waals surface area contributed by atoms with Gasteiger partial charge in [-0.25, -0.2) is 4.79 Å². The average molecular weight is 193 g/mol. The first-order valence-electron chi connectivity index (χ1n) is 4.44. The Hall–Kier alpha value is -1.55. The van der Waals surface area contributed by atoms with Crippen LogP contribution in [0.25, 0.3) is 0 Å². The lowest BCUT2D eigenvalue weighted by atomic mass is 10.1. The quantitative estimate of drug-likeness (QED) is 0.733. The molecule has 0 radical (unpaired) electrons. The van der Waals surface area contributed by atoms with Gasteiger partial charge in [-0.3, -0.25) is 4.90 Å². The number of carbonyl (C=O) groups excluding carboxylic acids is 1. The third-order valence-corrected chi connectivity index (χ3v) is 2.09. The van der Waals surface area contributed by atoms with Crippen molar-refractivity contribution in [3.05, 3.63) is 29.8 Å². The van der Waals surface area contributed by atoms with E-state index in [1.807, 2.05) is 24.3 Å². The lowest BCUT2D eigenvalue weighted by molar-refractivity contribution is 0.249. The van der Waals surface area contributed by atoms with E-state index in [4.69, 9.17) is 5.73 Å². The van der Waals surface area contributed by atoms with Crippen LogP contribution in [0.2, 0.25) is 0 Å². The fourth-order valence-electron chi connectivity index (χ4n) is 1.29. The van der Waals surface area contributed by atoms with Gasteiger partial charge in [-0.1, -0.05) is 18.2 Å². The van der Waals surface area contributed by atoms with E-state index in [9.17, 15) is 4.79 Å².